The quantitative estimate of drug-likeness (QED) is 0.757. The Balaban J connectivity index is 1.78. The average Bonchev–Trinajstić information content (AvgIpc) is 3.21. The van der Waals surface area contributed by atoms with Gasteiger partial charge in [-0.05, 0) is 12.1 Å². The zero-order chi connectivity index (χ0) is 18.3. The maximum atomic E-state index is 14.0. The summed E-state index contributed by atoms with van der Waals surface area (Å²) in [6, 6.07) is 3.58. The molecule has 0 saturated carbocycles. The van der Waals surface area contributed by atoms with Gasteiger partial charge in [0.15, 0.2) is 5.65 Å². The summed E-state index contributed by atoms with van der Waals surface area (Å²) < 4.78 is 16.0. The number of hydrogen-bond donors (Lipinski definition) is 2. The van der Waals surface area contributed by atoms with E-state index in [9.17, 15) is 4.39 Å². The van der Waals surface area contributed by atoms with E-state index < -0.39 is 6.17 Å². The van der Waals surface area contributed by atoms with E-state index in [1.807, 2.05) is 28.9 Å². The fourth-order valence-corrected chi connectivity index (χ4v) is 3.17. The molecule has 0 aliphatic carbocycles. The van der Waals surface area contributed by atoms with E-state index >= 15 is 0 Å². The van der Waals surface area contributed by atoms with Crippen LogP contribution in [0.5, 0.6) is 0 Å². The number of pyridine rings is 1. The molecule has 4 heterocycles. The summed E-state index contributed by atoms with van der Waals surface area (Å²) in [5.41, 5.74) is 3.48. The fraction of sp³-hybridized carbons (Fsp3) is 0.421. The summed E-state index contributed by atoms with van der Waals surface area (Å²) in [5.74, 6) is 0.666. The molecular weight excluding hydrogens is 331 g/mol. The summed E-state index contributed by atoms with van der Waals surface area (Å²) in [5, 5.41) is 6.31. The molecule has 4 rings (SSSR count). The van der Waals surface area contributed by atoms with E-state index in [-0.39, 0.29) is 11.5 Å². The second-order valence-electron chi connectivity index (χ2n) is 7.72. The lowest BCUT2D eigenvalue weighted by Gasteiger charge is -2.19. The Morgan fingerprint density at radius 2 is 2.04 bits per heavy atom. The second kappa shape index (κ2) is 6.32. The third kappa shape index (κ3) is 3.03. The van der Waals surface area contributed by atoms with Crippen molar-refractivity contribution in [2.24, 2.45) is 0 Å². The Kier molecular flexibility index (Phi) is 4.11. The lowest BCUT2D eigenvalue weighted by molar-refractivity contribution is 0.342. The van der Waals surface area contributed by atoms with Crippen molar-refractivity contribution in [2.45, 2.75) is 38.4 Å². The van der Waals surface area contributed by atoms with Crippen LogP contribution >= 0.6 is 0 Å². The fourth-order valence-electron chi connectivity index (χ4n) is 3.17. The molecule has 0 amide bonds. The number of anilines is 1. The van der Waals surface area contributed by atoms with Crippen LogP contribution in [0.3, 0.4) is 0 Å². The van der Waals surface area contributed by atoms with Gasteiger partial charge in [-0.25, -0.2) is 14.4 Å². The van der Waals surface area contributed by atoms with Gasteiger partial charge in [0.25, 0.3) is 0 Å². The molecule has 0 aromatic carbocycles. The van der Waals surface area contributed by atoms with E-state index in [0.717, 1.165) is 22.6 Å². The minimum atomic E-state index is -0.927. The van der Waals surface area contributed by atoms with Crippen LogP contribution in [0, 0.1) is 0 Å². The van der Waals surface area contributed by atoms with Gasteiger partial charge < -0.3 is 10.6 Å². The molecule has 7 heteroatoms. The number of nitrogens with one attached hydrogen (secondary N) is 2. The summed E-state index contributed by atoms with van der Waals surface area (Å²) in [6.45, 7) is 7.34. The van der Waals surface area contributed by atoms with Crippen LogP contribution in [0.4, 0.5) is 10.2 Å². The summed E-state index contributed by atoms with van der Waals surface area (Å²) in [6.07, 6.45) is 6.40. The van der Waals surface area contributed by atoms with Crippen LogP contribution in [-0.4, -0.2) is 44.7 Å². The minimum Gasteiger partial charge on any atom is -0.363 e. The van der Waals surface area contributed by atoms with Crippen LogP contribution in [0.15, 0.2) is 36.9 Å². The highest BCUT2D eigenvalue weighted by molar-refractivity contribution is 5.74. The first kappa shape index (κ1) is 16.9. The molecule has 1 aliphatic rings. The van der Waals surface area contributed by atoms with Gasteiger partial charge in [-0.15, -0.1) is 0 Å². The zero-order valence-corrected chi connectivity index (χ0v) is 15.2. The Labute approximate surface area is 151 Å². The van der Waals surface area contributed by atoms with Crippen molar-refractivity contribution in [3.05, 3.63) is 42.6 Å². The molecule has 0 bridgehead atoms. The Hall–Kier alpha value is -2.54. The highest BCUT2D eigenvalue weighted by atomic mass is 19.1. The SMILES string of the molecule is CC(C)(C)c1cn2c(-c3cccnc3N[C@H]3CNC[C@@H]3F)cnc2cn1. The van der Waals surface area contributed by atoms with Crippen LogP contribution in [-0.2, 0) is 5.41 Å². The van der Waals surface area contributed by atoms with Crippen LogP contribution < -0.4 is 10.6 Å². The lowest BCUT2D eigenvalue weighted by atomic mass is 9.93. The lowest BCUT2D eigenvalue weighted by Crippen LogP contribution is -2.30. The van der Waals surface area contributed by atoms with Crippen molar-refractivity contribution < 1.29 is 4.39 Å². The zero-order valence-electron chi connectivity index (χ0n) is 15.2. The number of imidazole rings is 1. The van der Waals surface area contributed by atoms with E-state index in [0.29, 0.717) is 18.9 Å². The van der Waals surface area contributed by atoms with E-state index in [4.69, 9.17) is 0 Å². The minimum absolute atomic E-state index is 0.0668. The Morgan fingerprint density at radius 3 is 2.77 bits per heavy atom. The first-order valence-corrected chi connectivity index (χ1v) is 8.84. The highest BCUT2D eigenvalue weighted by Gasteiger charge is 2.28. The third-order valence-electron chi connectivity index (χ3n) is 4.71. The van der Waals surface area contributed by atoms with E-state index in [1.54, 1.807) is 12.4 Å². The van der Waals surface area contributed by atoms with E-state index in [2.05, 4.69) is 46.4 Å². The topological polar surface area (TPSA) is 67.1 Å². The van der Waals surface area contributed by atoms with Gasteiger partial charge in [-0.1, -0.05) is 20.8 Å². The average molecular weight is 354 g/mol. The maximum Gasteiger partial charge on any atom is 0.155 e. The normalized spacial score (nSPS) is 20.6. The smallest absolute Gasteiger partial charge is 0.155 e. The van der Waals surface area contributed by atoms with Crippen LogP contribution in [0.25, 0.3) is 16.9 Å². The summed E-state index contributed by atoms with van der Waals surface area (Å²) in [4.78, 5) is 13.4. The molecule has 2 N–H and O–H groups in total. The molecule has 3 aromatic heterocycles. The third-order valence-corrected chi connectivity index (χ3v) is 4.71. The number of fused-ring (bicyclic) bond motifs is 1. The number of aromatic nitrogens is 4. The van der Waals surface area contributed by atoms with Crippen LogP contribution in [0.1, 0.15) is 26.5 Å². The van der Waals surface area contributed by atoms with Gasteiger partial charge in [0.05, 0.1) is 29.8 Å². The monoisotopic (exact) mass is 354 g/mol. The largest absolute Gasteiger partial charge is 0.363 e. The summed E-state index contributed by atoms with van der Waals surface area (Å²) >= 11 is 0. The highest BCUT2D eigenvalue weighted by Crippen LogP contribution is 2.29. The predicted molar refractivity (Wildman–Crippen MR) is 100 cm³/mol. The molecule has 3 aromatic rings. The number of alkyl halides is 1. The molecule has 1 saturated heterocycles. The van der Waals surface area contributed by atoms with Crippen molar-refractivity contribution in [3.8, 4) is 11.3 Å². The van der Waals surface area contributed by atoms with Crippen molar-refractivity contribution in [2.75, 3.05) is 18.4 Å². The Morgan fingerprint density at radius 1 is 1.19 bits per heavy atom. The van der Waals surface area contributed by atoms with Crippen LogP contribution in [0.2, 0.25) is 0 Å². The number of hydrogen-bond acceptors (Lipinski definition) is 5. The van der Waals surface area contributed by atoms with Gasteiger partial charge in [-0.2, -0.15) is 0 Å². The second-order valence-corrected chi connectivity index (χ2v) is 7.72. The van der Waals surface area contributed by atoms with Gasteiger partial charge in [0.2, 0.25) is 0 Å². The number of halogens is 1. The molecule has 0 spiro atoms. The molecule has 136 valence electrons. The molecule has 0 radical (unpaired) electrons. The molecule has 0 unspecified atom stereocenters. The number of nitrogens with zero attached hydrogens (tertiary/aromatic N) is 4. The molecule has 6 nitrogen and oxygen atoms in total. The van der Waals surface area contributed by atoms with E-state index in [1.165, 1.54) is 0 Å². The first-order chi connectivity index (χ1) is 12.4. The van der Waals surface area contributed by atoms with Crippen molar-refractivity contribution in [1.82, 2.24) is 24.7 Å². The maximum absolute atomic E-state index is 14.0. The molecule has 1 aliphatic heterocycles. The molecule has 26 heavy (non-hydrogen) atoms. The standard InChI is InChI=1S/C19H23FN6/c1-19(2,3)16-11-26-15(9-24-17(26)10-23-16)12-5-4-6-22-18(12)25-14-8-21-7-13(14)20/h4-6,9-11,13-14,21H,7-8H2,1-3H3,(H,22,25)/t13-,14-/m0/s1. The van der Waals surface area contributed by atoms with Gasteiger partial charge >= 0.3 is 0 Å². The Bertz CT molecular complexity index is 929. The molecule has 1 fully saturated rings. The predicted octanol–water partition coefficient (Wildman–Crippen LogP) is 2.81. The van der Waals surface area contributed by atoms with Crippen molar-refractivity contribution >= 4 is 11.5 Å². The molecular formula is C19H23FN6. The van der Waals surface area contributed by atoms with Gasteiger partial charge in [0.1, 0.15) is 12.0 Å². The molecule has 2 atom stereocenters. The van der Waals surface area contributed by atoms with Gasteiger partial charge in [0, 0.05) is 36.5 Å². The number of rotatable bonds is 3. The summed E-state index contributed by atoms with van der Waals surface area (Å²) in [7, 11) is 0. The van der Waals surface area contributed by atoms with Crippen molar-refractivity contribution in [3.63, 3.8) is 0 Å². The van der Waals surface area contributed by atoms with Crippen molar-refractivity contribution in [1.29, 1.82) is 0 Å². The first-order valence-electron chi connectivity index (χ1n) is 8.84. The van der Waals surface area contributed by atoms with Gasteiger partial charge in [-0.3, -0.25) is 9.38 Å².